The van der Waals surface area contributed by atoms with Gasteiger partial charge in [0.15, 0.2) is 5.15 Å². The van der Waals surface area contributed by atoms with E-state index in [2.05, 4.69) is 9.97 Å². The minimum atomic E-state index is 0.429. The molecular formula is C12H7Cl2N3. The molecule has 0 N–H and O–H groups in total. The van der Waals surface area contributed by atoms with Gasteiger partial charge in [-0.25, -0.2) is 9.97 Å². The molecule has 2 heterocycles. The van der Waals surface area contributed by atoms with Gasteiger partial charge in [-0.15, -0.1) is 0 Å². The minimum absolute atomic E-state index is 0.429. The number of fused-ring (bicyclic) bond motifs is 1. The molecule has 0 unspecified atom stereocenters. The van der Waals surface area contributed by atoms with Gasteiger partial charge in [0.1, 0.15) is 11.3 Å². The highest BCUT2D eigenvalue weighted by molar-refractivity contribution is 6.33. The van der Waals surface area contributed by atoms with Crippen LogP contribution < -0.4 is 0 Å². The van der Waals surface area contributed by atoms with Crippen LogP contribution in [0.15, 0.2) is 42.9 Å². The molecule has 0 radical (unpaired) electrons. The molecule has 84 valence electrons. The molecule has 17 heavy (non-hydrogen) atoms. The number of hydrogen-bond acceptors (Lipinski definition) is 2. The fraction of sp³-hybridized carbons (Fsp3) is 0. The quantitative estimate of drug-likeness (QED) is 0.670. The lowest BCUT2D eigenvalue weighted by atomic mass is 10.2. The van der Waals surface area contributed by atoms with Crippen molar-refractivity contribution in [1.82, 2.24) is 14.4 Å². The highest BCUT2D eigenvalue weighted by Gasteiger charge is 2.11. The SMILES string of the molecule is Clc1ccccc1-c1ncc2c(Cl)nccn12. The van der Waals surface area contributed by atoms with E-state index in [4.69, 9.17) is 23.2 Å². The zero-order valence-electron chi connectivity index (χ0n) is 8.64. The van der Waals surface area contributed by atoms with Crippen molar-refractivity contribution in [2.75, 3.05) is 0 Å². The Labute approximate surface area is 108 Å². The van der Waals surface area contributed by atoms with E-state index in [1.165, 1.54) is 0 Å². The summed E-state index contributed by atoms with van der Waals surface area (Å²) in [4.78, 5) is 8.35. The maximum atomic E-state index is 6.15. The second-order valence-electron chi connectivity index (χ2n) is 3.53. The van der Waals surface area contributed by atoms with Gasteiger partial charge >= 0.3 is 0 Å². The van der Waals surface area contributed by atoms with E-state index in [-0.39, 0.29) is 0 Å². The zero-order valence-corrected chi connectivity index (χ0v) is 10.2. The Kier molecular flexibility index (Phi) is 2.50. The Morgan fingerprint density at radius 1 is 1.06 bits per heavy atom. The van der Waals surface area contributed by atoms with Gasteiger partial charge in [-0.2, -0.15) is 0 Å². The predicted molar refractivity (Wildman–Crippen MR) is 68.4 cm³/mol. The Bertz CT molecular complexity index is 691. The normalized spacial score (nSPS) is 10.9. The van der Waals surface area contributed by atoms with Crippen LogP contribution in [-0.2, 0) is 0 Å². The van der Waals surface area contributed by atoms with E-state index in [1.807, 2.05) is 34.9 Å². The van der Waals surface area contributed by atoms with Crippen molar-refractivity contribution in [2.24, 2.45) is 0 Å². The van der Waals surface area contributed by atoms with Crippen molar-refractivity contribution in [1.29, 1.82) is 0 Å². The van der Waals surface area contributed by atoms with E-state index in [9.17, 15) is 0 Å². The number of rotatable bonds is 1. The van der Waals surface area contributed by atoms with Crippen molar-refractivity contribution < 1.29 is 0 Å². The van der Waals surface area contributed by atoms with Crippen LogP contribution in [0.25, 0.3) is 16.9 Å². The first-order valence-corrected chi connectivity index (χ1v) is 5.75. The summed E-state index contributed by atoms with van der Waals surface area (Å²) in [5, 5.41) is 1.09. The maximum absolute atomic E-state index is 6.15. The van der Waals surface area contributed by atoms with Crippen LogP contribution in [0.4, 0.5) is 0 Å². The van der Waals surface area contributed by atoms with Gasteiger partial charge in [0, 0.05) is 18.0 Å². The van der Waals surface area contributed by atoms with Gasteiger partial charge < -0.3 is 0 Å². The lowest BCUT2D eigenvalue weighted by molar-refractivity contribution is 1.12. The Morgan fingerprint density at radius 2 is 1.88 bits per heavy atom. The van der Waals surface area contributed by atoms with E-state index in [1.54, 1.807) is 12.4 Å². The molecule has 0 fully saturated rings. The summed E-state index contributed by atoms with van der Waals surface area (Å²) in [6, 6.07) is 7.56. The summed E-state index contributed by atoms with van der Waals surface area (Å²) in [5.74, 6) is 0.759. The van der Waals surface area contributed by atoms with E-state index < -0.39 is 0 Å². The summed E-state index contributed by atoms with van der Waals surface area (Å²) in [6.07, 6.45) is 5.14. The molecule has 3 nitrogen and oxygen atoms in total. The van der Waals surface area contributed by atoms with Crippen LogP contribution in [0.5, 0.6) is 0 Å². The van der Waals surface area contributed by atoms with E-state index in [0.717, 1.165) is 16.9 Å². The lowest BCUT2D eigenvalue weighted by Gasteiger charge is -2.03. The first-order valence-electron chi connectivity index (χ1n) is 5.00. The van der Waals surface area contributed by atoms with E-state index in [0.29, 0.717) is 10.2 Å². The number of nitrogens with zero attached hydrogens (tertiary/aromatic N) is 3. The highest BCUT2D eigenvalue weighted by atomic mass is 35.5. The van der Waals surface area contributed by atoms with Crippen molar-refractivity contribution in [3.8, 4) is 11.4 Å². The molecule has 0 aliphatic rings. The molecule has 0 aliphatic carbocycles. The van der Waals surface area contributed by atoms with Crippen LogP contribution in [0.3, 0.4) is 0 Å². The zero-order chi connectivity index (χ0) is 11.8. The number of hydrogen-bond donors (Lipinski definition) is 0. The average Bonchev–Trinajstić information content (AvgIpc) is 2.75. The van der Waals surface area contributed by atoms with Gasteiger partial charge in [0.05, 0.1) is 11.2 Å². The molecular weight excluding hydrogens is 257 g/mol. The highest BCUT2D eigenvalue weighted by Crippen LogP contribution is 2.28. The Balaban J connectivity index is 2.33. The van der Waals surface area contributed by atoms with Crippen molar-refractivity contribution in [3.63, 3.8) is 0 Å². The second kappa shape index (κ2) is 4.02. The van der Waals surface area contributed by atoms with Gasteiger partial charge in [-0.1, -0.05) is 35.3 Å². The summed E-state index contributed by atoms with van der Waals surface area (Å²) in [7, 11) is 0. The van der Waals surface area contributed by atoms with Crippen LogP contribution in [0.2, 0.25) is 10.2 Å². The largest absolute Gasteiger partial charge is 0.295 e. The molecule has 5 heteroatoms. The topological polar surface area (TPSA) is 30.2 Å². The molecule has 0 atom stereocenters. The number of imidazole rings is 1. The molecule has 3 aromatic rings. The van der Waals surface area contributed by atoms with Gasteiger partial charge in [0.2, 0.25) is 0 Å². The summed E-state index contributed by atoms with van der Waals surface area (Å²) in [6.45, 7) is 0. The van der Waals surface area contributed by atoms with Crippen LogP contribution in [-0.4, -0.2) is 14.4 Å². The fourth-order valence-corrected chi connectivity index (χ4v) is 2.15. The number of halogens is 2. The maximum Gasteiger partial charge on any atom is 0.154 e. The molecule has 3 rings (SSSR count). The number of aromatic nitrogens is 3. The van der Waals surface area contributed by atoms with Gasteiger partial charge in [-0.05, 0) is 12.1 Å². The first kappa shape index (κ1) is 10.6. The average molecular weight is 264 g/mol. The molecule has 0 saturated heterocycles. The van der Waals surface area contributed by atoms with Gasteiger partial charge in [0.25, 0.3) is 0 Å². The van der Waals surface area contributed by atoms with E-state index >= 15 is 0 Å². The summed E-state index contributed by atoms with van der Waals surface area (Å²) < 4.78 is 1.87. The third-order valence-corrected chi connectivity index (χ3v) is 3.15. The van der Waals surface area contributed by atoms with Crippen LogP contribution in [0.1, 0.15) is 0 Å². The second-order valence-corrected chi connectivity index (χ2v) is 4.30. The smallest absolute Gasteiger partial charge is 0.154 e. The van der Waals surface area contributed by atoms with Gasteiger partial charge in [-0.3, -0.25) is 4.40 Å². The first-order chi connectivity index (χ1) is 8.27. The van der Waals surface area contributed by atoms with Crippen molar-refractivity contribution >= 4 is 28.7 Å². The van der Waals surface area contributed by atoms with Crippen LogP contribution in [0, 0.1) is 0 Å². The predicted octanol–water partition coefficient (Wildman–Crippen LogP) is 3.70. The summed E-state index contributed by atoms with van der Waals surface area (Å²) in [5.41, 5.74) is 1.64. The third kappa shape index (κ3) is 1.68. The van der Waals surface area contributed by atoms with Crippen molar-refractivity contribution in [2.45, 2.75) is 0 Å². The molecule has 0 amide bonds. The molecule has 1 aromatic carbocycles. The molecule has 2 aromatic heterocycles. The minimum Gasteiger partial charge on any atom is -0.295 e. The number of benzene rings is 1. The lowest BCUT2D eigenvalue weighted by Crippen LogP contribution is -1.91. The Morgan fingerprint density at radius 3 is 2.71 bits per heavy atom. The third-order valence-electron chi connectivity index (χ3n) is 2.53. The monoisotopic (exact) mass is 263 g/mol. The molecule has 0 saturated carbocycles. The molecule has 0 aliphatic heterocycles. The van der Waals surface area contributed by atoms with Crippen molar-refractivity contribution in [3.05, 3.63) is 53.0 Å². The standard InChI is InChI=1S/C12H7Cl2N3/c13-9-4-2-1-3-8(9)12-16-7-10-11(14)15-5-6-17(10)12/h1-7H. The Hall–Kier alpha value is -1.58. The van der Waals surface area contributed by atoms with Crippen LogP contribution >= 0.6 is 23.2 Å². The summed E-state index contributed by atoms with van der Waals surface area (Å²) >= 11 is 12.1. The molecule has 0 spiro atoms. The fourth-order valence-electron chi connectivity index (χ4n) is 1.74. The molecule has 0 bridgehead atoms.